The Morgan fingerprint density at radius 2 is 2.11 bits per heavy atom. The first-order valence-corrected chi connectivity index (χ1v) is 8.38. The molecule has 1 aromatic rings. The summed E-state index contributed by atoms with van der Waals surface area (Å²) in [6.45, 7) is 6.28. The molecule has 0 aliphatic rings. The molecule has 2 N–H and O–H groups in total. The van der Waals surface area contributed by atoms with E-state index >= 15 is 0 Å². The van der Waals surface area contributed by atoms with E-state index in [2.05, 4.69) is 15.5 Å². The number of carbonyl (C=O) groups excluding carboxylic acids is 1. The van der Waals surface area contributed by atoms with E-state index in [1.807, 2.05) is 13.8 Å². The largest absolute Gasteiger partial charge is 0.351 e. The number of carbonyl (C=O) groups is 1. The third-order valence-corrected chi connectivity index (χ3v) is 4.00. The Hall–Kier alpha value is -1.08. The SMILES string of the molecule is CCc1[nH]nc(C(=O)NCCC(C)C)c1S(=O)(=O)Cl. The zero-order chi connectivity index (χ0) is 14.6. The van der Waals surface area contributed by atoms with Gasteiger partial charge in [0.15, 0.2) is 5.69 Å². The summed E-state index contributed by atoms with van der Waals surface area (Å²) in [5.41, 5.74) is 0.166. The van der Waals surface area contributed by atoms with Crippen LogP contribution in [0.5, 0.6) is 0 Å². The van der Waals surface area contributed by atoms with Crippen molar-refractivity contribution in [3.8, 4) is 0 Å². The van der Waals surface area contributed by atoms with E-state index in [1.165, 1.54) is 0 Å². The minimum Gasteiger partial charge on any atom is -0.351 e. The number of hydrogen-bond donors (Lipinski definition) is 2. The highest BCUT2D eigenvalue weighted by Crippen LogP contribution is 2.22. The zero-order valence-electron chi connectivity index (χ0n) is 11.2. The summed E-state index contributed by atoms with van der Waals surface area (Å²) in [6.07, 6.45) is 1.20. The van der Waals surface area contributed by atoms with Crippen molar-refractivity contribution >= 4 is 25.6 Å². The Balaban J connectivity index is 2.95. The number of rotatable bonds is 6. The van der Waals surface area contributed by atoms with Crippen LogP contribution in [0.25, 0.3) is 0 Å². The molecular weight excluding hydrogens is 290 g/mol. The Bertz CT molecular complexity index is 552. The van der Waals surface area contributed by atoms with Gasteiger partial charge in [0.1, 0.15) is 4.90 Å². The molecular formula is C11H18ClN3O3S. The molecule has 1 aromatic heterocycles. The van der Waals surface area contributed by atoms with Crippen molar-refractivity contribution in [2.45, 2.75) is 38.5 Å². The first-order valence-electron chi connectivity index (χ1n) is 6.07. The van der Waals surface area contributed by atoms with Gasteiger partial charge in [-0.2, -0.15) is 5.10 Å². The minimum atomic E-state index is -4.00. The molecule has 0 saturated heterocycles. The highest BCUT2D eigenvalue weighted by Gasteiger charge is 2.27. The number of nitrogens with zero attached hydrogens (tertiary/aromatic N) is 1. The van der Waals surface area contributed by atoms with Gasteiger partial charge >= 0.3 is 0 Å². The number of aryl methyl sites for hydroxylation is 1. The molecule has 0 aliphatic heterocycles. The van der Waals surface area contributed by atoms with Crippen molar-refractivity contribution in [2.24, 2.45) is 5.92 Å². The Labute approximate surface area is 117 Å². The minimum absolute atomic E-state index is 0.171. The van der Waals surface area contributed by atoms with Crippen LogP contribution >= 0.6 is 10.7 Å². The smallest absolute Gasteiger partial charge is 0.273 e. The lowest BCUT2D eigenvalue weighted by atomic mass is 10.1. The number of nitrogens with one attached hydrogen (secondary N) is 2. The fourth-order valence-electron chi connectivity index (χ4n) is 1.58. The van der Waals surface area contributed by atoms with Crippen molar-refractivity contribution in [3.63, 3.8) is 0 Å². The Morgan fingerprint density at radius 3 is 2.58 bits per heavy atom. The molecule has 19 heavy (non-hydrogen) atoms. The molecule has 1 heterocycles. The summed E-state index contributed by atoms with van der Waals surface area (Å²) >= 11 is 0. The molecule has 0 saturated carbocycles. The number of halogens is 1. The summed E-state index contributed by atoms with van der Waals surface area (Å²) in [5.74, 6) is -0.0854. The van der Waals surface area contributed by atoms with Gasteiger partial charge in [0.2, 0.25) is 0 Å². The van der Waals surface area contributed by atoms with Gasteiger partial charge in [-0.3, -0.25) is 9.89 Å². The van der Waals surface area contributed by atoms with E-state index < -0.39 is 15.0 Å². The predicted molar refractivity (Wildman–Crippen MR) is 72.8 cm³/mol. The van der Waals surface area contributed by atoms with Gasteiger partial charge in [-0.15, -0.1) is 0 Å². The lowest BCUT2D eigenvalue weighted by molar-refractivity contribution is 0.0943. The first-order chi connectivity index (χ1) is 8.77. The van der Waals surface area contributed by atoms with E-state index in [-0.39, 0.29) is 10.6 Å². The topological polar surface area (TPSA) is 91.9 Å². The van der Waals surface area contributed by atoms with Crippen molar-refractivity contribution in [1.82, 2.24) is 15.5 Å². The van der Waals surface area contributed by atoms with Crippen molar-refractivity contribution in [3.05, 3.63) is 11.4 Å². The standard InChI is InChI=1S/C11H18ClN3O3S/c1-4-8-10(19(12,17)18)9(15-14-8)11(16)13-6-5-7(2)3/h7H,4-6H2,1-3H3,(H,13,16)(H,14,15). The van der Waals surface area contributed by atoms with Gasteiger partial charge in [-0.25, -0.2) is 8.42 Å². The number of aromatic amines is 1. The van der Waals surface area contributed by atoms with Crippen molar-refractivity contribution in [2.75, 3.05) is 6.54 Å². The summed E-state index contributed by atoms with van der Waals surface area (Å²) in [6, 6.07) is 0. The van der Waals surface area contributed by atoms with Crippen LogP contribution in [0.4, 0.5) is 0 Å². The Kier molecular flexibility index (Phi) is 5.37. The van der Waals surface area contributed by atoms with Crippen LogP contribution in [-0.4, -0.2) is 31.1 Å². The second-order valence-electron chi connectivity index (χ2n) is 4.61. The lowest BCUT2D eigenvalue weighted by Gasteiger charge is -2.06. The molecule has 6 nitrogen and oxygen atoms in total. The van der Waals surface area contributed by atoms with Gasteiger partial charge in [0.05, 0.1) is 5.69 Å². The lowest BCUT2D eigenvalue weighted by Crippen LogP contribution is -2.26. The van der Waals surface area contributed by atoms with E-state index in [1.54, 1.807) is 6.92 Å². The molecule has 0 aromatic carbocycles. The van der Waals surface area contributed by atoms with Crippen LogP contribution in [0.3, 0.4) is 0 Å². The molecule has 1 rings (SSSR count). The molecule has 1 amide bonds. The number of hydrogen-bond acceptors (Lipinski definition) is 4. The van der Waals surface area contributed by atoms with Gasteiger partial charge in [0, 0.05) is 17.2 Å². The second kappa shape index (κ2) is 6.38. The van der Waals surface area contributed by atoms with Crippen LogP contribution in [0.15, 0.2) is 4.90 Å². The number of aromatic nitrogens is 2. The predicted octanol–water partition coefficient (Wildman–Crippen LogP) is 1.68. The van der Waals surface area contributed by atoms with Crippen LogP contribution in [0.1, 0.15) is 43.4 Å². The summed E-state index contributed by atoms with van der Waals surface area (Å²) in [7, 11) is 1.35. The fourth-order valence-corrected chi connectivity index (χ4v) is 2.93. The number of H-pyrrole nitrogens is 1. The maximum Gasteiger partial charge on any atom is 0.273 e. The zero-order valence-corrected chi connectivity index (χ0v) is 12.7. The average Bonchev–Trinajstić information content (AvgIpc) is 2.71. The normalized spacial score (nSPS) is 11.8. The van der Waals surface area contributed by atoms with Gasteiger partial charge in [-0.1, -0.05) is 20.8 Å². The van der Waals surface area contributed by atoms with Crippen LogP contribution < -0.4 is 5.32 Å². The van der Waals surface area contributed by atoms with Gasteiger partial charge in [0.25, 0.3) is 15.0 Å². The second-order valence-corrected chi connectivity index (χ2v) is 7.11. The molecule has 0 fully saturated rings. The van der Waals surface area contributed by atoms with Gasteiger partial charge < -0.3 is 5.32 Å². The fraction of sp³-hybridized carbons (Fsp3) is 0.636. The maximum absolute atomic E-state index is 11.9. The molecule has 0 aliphatic carbocycles. The van der Waals surface area contributed by atoms with E-state index in [0.717, 1.165) is 6.42 Å². The monoisotopic (exact) mass is 307 g/mol. The summed E-state index contributed by atoms with van der Waals surface area (Å²) < 4.78 is 23.0. The maximum atomic E-state index is 11.9. The van der Waals surface area contributed by atoms with Crippen LogP contribution in [-0.2, 0) is 15.5 Å². The highest BCUT2D eigenvalue weighted by atomic mass is 35.7. The summed E-state index contributed by atoms with van der Waals surface area (Å²) in [5, 5.41) is 8.92. The average molecular weight is 308 g/mol. The molecule has 0 spiro atoms. The molecule has 0 bridgehead atoms. The van der Waals surface area contributed by atoms with Gasteiger partial charge in [-0.05, 0) is 18.8 Å². The first kappa shape index (κ1) is 16.0. The summed E-state index contributed by atoms with van der Waals surface area (Å²) in [4.78, 5) is 11.7. The third kappa shape index (κ3) is 4.21. The van der Waals surface area contributed by atoms with Crippen LogP contribution in [0, 0.1) is 5.92 Å². The molecule has 8 heteroatoms. The quantitative estimate of drug-likeness (QED) is 0.782. The highest BCUT2D eigenvalue weighted by molar-refractivity contribution is 8.13. The number of amides is 1. The Morgan fingerprint density at radius 1 is 1.47 bits per heavy atom. The van der Waals surface area contributed by atoms with E-state index in [9.17, 15) is 13.2 Å². The van der Waals surface area contributed by atoms with E-state index in [4.69, 9.17) is 10.7 Å². The van der Waals surface area contributed by atoms with E-state index in [0.29, 0.717) is 24.6 Å². The van der Waals surface area contributed by atoms with Crippen LogP contribution in [0.2, 0.25) is 0 Å². The molecule has 108 valence electrons. The molecule has 0 unspecified atom stereocenters. The van der Waals surface area contributed by atoms with Crippen molar-refractivity contribution in [1.29, 1.82) is 0 Å². The van der Waals surface area contributed by atoms with Crippen molar-refractivity contribution < 1.29 is 13.2 Å². The molecule has 0 atom stereocenters. The third-order valence-electron chi connectivity index (χ3n) is 2.61. The molecule has 0 radical (unpaired) electrons.